The fraction of sp³-hybridized carbons (Fsp3) is 0.227. The van der Waals surface area contributed by atoms with E-state index in [1.54, 1.807) is 23.1 Å². The molecular weight excluding hydrogens is 450 g/mol. The van der Waals surface area contributed by atoms with Crippen molar-refractivity contribution in [2.45, 2.75) is 11.8 Å². The van der Waals surface area contributed by atoms with Crippen LogP contribution in [0.5, 0.6) is 0 Å². The van der Waals surface area contributed by atoms with Crippen LogP contribution in [0.1, 0.15) is 11.3 Å². The maximum atomic E-state index is 13.1. The highest BCUT2D eigenvalue weighted by Gasteiger charge is 2.27. The average molecular weight is 472 g/mol. The van der Waals surface area contributed by atoms with E-state index < -0.39 is 10.0 Å². The van der Waals surface area contributed by atoms with Crippen LogP contribution in [0.15, 0.2) is 74.5 Å². The highest BCUT2D eigenvalue weighted by Crippen LogP contribution is 2.21. The molecule has 2 heterocycles. The van der Waals surface area contributed by atoms with Crippen molar-refractivity contribution >= 4 is 32.0 Å². The summed E-state index contributed by atoms with van der Waals surface area (Å²) >= 11 is 0.127. The van der Waals surface area contributed by atoms with Crippen molar-refractivity contribution in [3.63, 3.8) is 0 Å². The summed E-state index contributed by atoms with van der Waals surface area (Å²) in [5, 5.41) is 4.05. The molecule has 0 radical (unpaired) electrons. The number of rotatable bonds is 5. The third-order valence-corrected chi connectivity index (χ3v) is 6.76. The quantitative estimate of drug-likeness (QED) is 0.244. The molecule has 0 atom stereocenters. The summed E-state index contributed by atoms with van der Waals surface area (Å²) in [7, 11) is -4.06. The zero-order valence-electron chi connectivity index (χ0n) is 17.3. The molecule has 1 saturated heterocycles. The van der Waals surface area contributed by atoms with E-state index in [4.69, 9.17) is 9.26 Å². The first-order chi connectivity index (χ1) is 15.5. The topological polar surface area (TPSA) is 102 Å². The van der Waals surface area contributed by atoms with E-state index in [0.29, 0.717) is 32.0 Å². The number of benzene rings is 2. The van der Waals surface area contributed by atoms with Crippen LogP contribution in [0, 0.1) is 6.92 Å². The molecule has 1 aromatic heterocycles. The molecule has 0 saturated carbocycles. The van der Waals surface area contributed by atoms with Crippen LogP contribution in [0.4, 0.5) is 0 Å². The predicted molar refractivity (Wildman–Crippen MR) is 122 cm³/mol. The van der Waals surface area contributed by atoms with Crippen LogP contribution < -0.4 is 0 Å². The smallest absolute Gasteiger partial charge is 0.284 e. The summed E-state index contributed by atoms with van der Waals surface area (Å²) in [5.41, 5.74) is 2.28. The number of hydrogen-bond donors (Lipinski definition) is 0. The van der Waals surface area contributed by atoms with Crippen LogP contribution in [0.3, 0.4) is 0 Å². The zero-order chi connectivity index (χ0) is 22.6. The molecule has 0 spiro atoms. The second kappa shape index (κ2) is 9.60. The molecule has 1 aliphatic rings. The van der Waals surface area contributed by atoms with Gasteiger partial charge < -0.3 is 14.2 Å². The first-order valence-electron chi connectivity index (χ1n) is 9.92. The molecule has 166 valence electrons. The van der Waals surface area contributed by atoms with Crippen LogP contribution in [-0.2, 0) is 26.0 Å². The van der Waals surface area contributed by atoms with Gasteiger partial charge >= 0.3 is 0 Å². The van der Waals surface area contributed by atoms with Gasteiger partial charge in [-0.05, 0) is 19.1 Å². The van der Waals surface area contributed by atoms with Crippen molar-refractivity contribution in [3.8, 4) is 11.3 Å². The van der Waals surface area contributed by atoms with E-state index in [0.717, 1.165) is 11.1 Å². The summed E-state index contributed by atoms with van der Waals surface area (Å²) in [6, 6.07) is 17.4. The summed E-state index contributed by atoms with van der Waals surface area (Å²) in [6.07, 6.45) is 0. The normalized spacial score (nSPS) is 14.9. The molecule has 8 nitrogen and oxygen atoms in total. The van der Waals surface area contributed by atoms with Crippen LogP contribution >= 0.6 is 0 Å². The fourth-order valence-electron chi connectivity index (χ4n) is 3.21. The van der Waals surface area contributed by atoms with Crippen LogP contribution in [0.2, 0.25) is 0 Å². The summed E-state index contributed by atoms with van der Waals surface area (Å²) in [4.78, 5) is 1.82. The highest BCUT2D eigenvalue weighted by atomic mass is 32.2. The molecule has 1 aliphatic heterocycles. The van der Waals surface area contributed by atoms with E-state index in [-0.39, 0.29) is 32.6 Å². The number of aryl methyl sites for hydroxylation is 1. The van der Waals surface area contributed by atoms with Gasteiger partial charge in [0, 0.05) is 24.7 Å². The van der Waals surface area contributed by atoms with Gasteiger partial charge in [-0.25, -0.2) is 4.21 Å². The lowest BCUT2D eigenvalue weighted by Gasteiger charge is -2.29. The zero-order valence-corrected chi connectivity index (χ0v) is 18.9. The Kier molecular flexibility index (Phi) is 6.63. The Hall–Kier alpha value is -3.08. The maximum Gasteiger partial charge on any atom is 0.284 e. The van der Waals surface area contributed by atoms with E-state index in [9.17, 15) is 12.6 Å². The van der Waals surface area contributed by atoms with Gasteiger partial charge in [-0.15, -0.1) is 4.40 Å². The van der Waals surface area contributed by atoms with Gasteiger partial charge in [-0.1, -0.05) is 53.2 Å². The van der Waals surface area contributed by atoms with Gasteiger partial charge in [0.1, 0.15) is 16.9 Å². The third kappa shape index (κ3) is 4.87. The summed E-state index contributed by atoms with van der Waals surface area (Å²) in [6.45, 7) is 3.45. The van der Waals surface area contributed by atoms with Crippen LogP contribution in [0.25, 0.3) is 11.3 Å². The Morgan fingerprint density at radius 3 is 2.41 bits per heavy atom. The molecule has 2 aromatic carbocycles. The van der Waals surface area contributed by atoms with Crippen molar-refractivity contribution in [3.05, 3.63) is 72.0 Å². The fourth-order valence-corrected chi connectivity index (χ4v) is 4.72. The lowest BCUT2D eigenvalue weighted by Crippen LogP contribution is -2.44. The maximum absolute atomic E-state index is 13.1. The molecule has 3 aromatic rings. The minimum atomic E-state index is -4.06. The number of aromatic nitrogens is 1. The standard InChI is InChI=1S/C22H21N3O5S2/c1-16-7-9-18(10-8-16)32(27,28)24-22(25-11-13-29-14-12-25)21(31-26)20-15-19(23-30-20)17-5-3-2-4-6-17/h2-10,15H,11-14H2,1H3/b24-22-. The minimum Gasteiger partial charge on any atom is -0.378 e. The number of nitrogens with zero attached hydrogens (tertiary/aromatic N) is 3. The molecule has 0 amide bonds. The van der Waals surface area contributed by atoms with Crippen molar-refractivity contribution in [1.82, 2.24) is 10.1 Å². The lowest BCUT2D eigenvalue weighted by molar-refractivity contribution is 0.0689. The molecule has 10 heteroatoms. The molecule has 32 heavy (non-hydrogen) atoms. The molecule has 0 aliphatic carbocycles. The Bertz CT molecular complexity index is 1270. The van der Waals surface area contributed by atoms with Crippen LogP contribution in [-0.4, -0.2) is 59.7 Å². The Labute approximate surface area is 189 Å². The average Bonchev–Trinajstić information content (AvgIpc) is 3.30. The van der Waals surface area contributed by atoms with Gasteiger partial charge in [0.15, 0.2) is 16.5 Å². The number of amidine groups is 1. The Morgan fingerprint density at radius 2 is 1.75 bits per heavy atom. The van der Waals surface area contributed by atoms with Gasteiger partial charge in [0.25, 0.3) is 10.0 Å². The molecular formula is C22H21N3O5S2. The minimum absolute atomic E-state index is 0.0321. The van der Waals surface area contributed by atoms with E-state index in [1.807, 2.05) is 37.3 Å². The van der Waals surface area contributed by atoms with E-state index in [2.05, 4.69) is 9.55 Å². The highest BCUT2D eigenvalue weighted by molar-refractivity contribution is 7.90. The van der Waals surface area contributed by atoms with Crippen molar-refractivity contribution < 1.29 is 21.9 Å². The van der Waals surface area contributed by atoms with Crippen molar-refractivity contribution in [2.24, 2.45) is 4.40 Å². The van der Waals surface area contributed by atoms with Crippen molar-refractivity contribution in [2.75, 3.05) is 26.3 Å². The van der Waals surface area contributed by atoms with Gasteiger partial charge in [0.2, 0.25) is 0 Å². The lowest BCUT2D eigenvalue weighted by atomic mass is 10.1. The van der Waals surface area contributed by atoms with Gasteiger partial charge in [-0.2, -0.15) is 8.42 Å². The molecule has 0 bridgehead atoms. The first kappa shape index (κ1) is 22.1. The monoisotopic (exact) mass is 471 g/mol. The largest absolute Gasteiger partial charge is 0.378 e. The van der Waals surface area contributed by atoms with Gasteiger partial charge in [-0.3, -0.25) is 0 Å². The summed E-state index contributed by atoms with van der Waals surface area (Å²) < 4.78 is 53.2. The second-order valence-corrected chi connectivity index (χ2v) is 9.34. The van der Waals surface area contributed by atoms with E-state index in [1.165, 1.54) is 12.1 Å². The number of sulfonamides is 1. The molecule has 0 N–H and O–H groups in total. The number of ether oxygens (including phenoxy) is 1. The first-order valence-corrected chi connectivity index (χ1v) is 12.1. The second-order valence-electron chi connectivity index (χ2n) is 7.16. The molecule has 0 unspecified atom stereocenters. The summed E-state index contributed by atoms with van der Waals surface area (Å²) in [5.74, 6) is 0.192. The SMILES string of the molecule is Cc1ccc(S(=O)(=O)/N=C(/C(=S=O)c2cc(-c3ccccc3)no2)N2CCOCC2)cc1. The Balaban J connectivity index is 1.77. The van der Waals surface area contributed by atoms with Crippen molar-refractivity contribution in [1.29, 1.82) is 0 Å². The number of hydrogen-bond acceptors (Lipinski definition) is 6. The molecule has 1 fully saturated rings. The van der Waals surface area contributed by atoms with Gasteiger partial charge in [0.05, 0.1) is 18.1 Å². The predicted octanol–water partition coefficient (Wildman–Crippen LogP) is 2.50. The third-order valence-electron chi connectivity index (χ3n) is 4.93. The number of morpholine rings is 1. The molecule has 4 rings (SSSR count). The Morgan fingerprint density at radius 1 is 1.06 bits per heavy atom. The van der Waals surface area contributed by atoms with E-state index >= 15 is 0 Å².